The van der Waals surface area contributed by atoms with Crippen LogP contribution in [0.4, 0.5) is 0 Å². The van der Waals surface area contributed by atoms with Gasteiger partial charge in [-0.2, -0.15) is 0 Å². The first-order chi connectivity index (χ1) is 12.6. The molecule has 0 aliphatic rings. The third kappa shape index (κ3) is 3.95. The zero-order valence-electron chi connectivity index (χ0n) is 14.6. The number of benzene rings is 1. The van der Waals surface area contributed by atoms with Crippen molar-refractivity contribution < 1.29 is 13.9 Å². The van der Waals surface area contributed by atoms with Crippen LogP contribution >= 0.6 is 11.6 Å². The second-order valence-corrected chi connectivity index (χ2v) is 6.05. The van der Waals surface area contributed by atoms with Crippen molar-refractivity contribution in [1.82, 2.24) is 19.7 Å². The third-order valence-electron chi connectivity index (χ3n) is 3.82. The van der Waals surface area contributed by atoms with E-state index in [1.807, 2.05) is 24.3 Å². The summed E-state index contributed by atoms with van der Waals surface area (Å²) in [6.45, 7) is 2.89. The van der Waals surface area contributed by atoms with E-state index in [1.165, 1.54) is 0 Å². The van der Waals surface area contributed by atoms with Gasteiger partial charge in [0.2, 0.25) is 5.82 Å². The van der Waals surface area contributed by atoms with Gasteiger partial charge in [-0.25, -0.2) is 9.67 Å². The predicted octanol–water partition coefficient (Wildman–Crippen LogP) is 3.11. The van der Waals surface area contributed by atoms with Crippen LogP contribution in [0.1, 0.15) is 22.2 Å². The van der Waals surface area contributed by atoms with Gasteiger partial charge in [0.25, 0.3) is 5.91 Å². The van der Waals surface area contributed by atoms with Crippen LogP contribution in [0.3, 0.4) is 0 Å². The molecule has 1 amide bonds. The number of aryl methyl sites for hydroxylation is 1. The van der Waals surface area contributed by atoms with Crippen molar-refractivity contribution >= 4 is 17.5 Å². The molecule has 0 N–H and O–H groups in total. The first kappa shape index (κ1) is 18.2. The summed E-state index contributed by atoms with van der Waals surface area (Å²) in [6, 6.07) is 10.9. The molecule has 0 aliphatic carbocycles. The lowest BCUT2D eigenvalue weighted by atomic mass is 10.3. The molecule has 8 heteroatoms. The molecule has 26 heavy (non-hydrogen) atoms. The van der Waals surface area contributed by atoms with Crippen LogP contribution in [0.5, 0.6) is 0 Å². The van der Waals surface area contributed by atoms with Crippen LogP contribution in [-0.2, 0) is 11.3 Å². The standard InChI is InChI=1S/C18H19ClN4O3/c1-13-20-17(21-23(13)16-8-4-3-7-15(16)19)18(24)22(9-11-25-2)12-14-6-5-10-26-14/h3-8,10H,9,11-12H2,1-2H3. The molecule has 0 spiro atoms. The number of ether oxygens (including phenoxy) is 1. The average molecular weight is 375 g/mol. The van der Waals surface area contributed by atoms with E-state index in [4.69, 9.17) is 20.8 Å². The van der Waals surface area contributed by atoms with Gasteiger partial charge in [0.15, 0.2) is 0 Å². The van der Waals surface area contributed by atoms with Crippen molar-refractivity contribution in [1.29, 1.82) is 0 Å². The summed E-state index contributed by atoms with van der Waals surface area (Å²) in [5, 5.41) is 4.89. The van der Waals surface area contributed by atoms with Crippen molar-refractivity contribution in [3.8, 4) is 5.69 Å². The summed E-state index contributed by atoms with van der Waals surface area (Å²) in [6.07, 6.45) is 1.57. The molecule has 0 radical (unpaired) electrons. The maximum Gasteiger partial charge on any atom is 0.294 e. The molecule has 0 fully saturated rings. The normalized spacial score (nSPS) is 10.9. The molecule has 3 rings (SSSR count). The Hall–Kier alpha value is -2.64. The molecule has 2 heterocycles. The van der Waals surface area contributed by atoms with E-state index < -0.39 is 0 Å². The second-order valence-electron chi connectivity index (χ2n) is 5.64. The minimum absolute atomic E-state index is 0.102. The fourth-order valence-corrected chi connectivity index (χ4v) is 2.73. The van der Waals surface area contributed by atoms with Crippen molar-refractivity contribution in [2.75, 3.05) is 20.3 Å². The minimum atomic E-state index is -0.299. The molecule has 0 bridgehead atoms. The summed E-state index contributed by atoms with van der Waals surface area (Å²) in [5.41, 5.74) is 0.674. The number of hydrogen-bond acceptors (Lipinski definition) is 5. The Labute approximate surface area is 156 Å². The maximum absolute atomic E-state index is 12.9. The van der Waals surface area contributed by atoms with E-state index in [1.54, 1.807) is 42.0 Å². The molecule has 3 aromatic rings. The highest BCUT2D eigenvalue weighted by molar-refractivity contribution is 6.32. The number of amides is 1. The lowest BCUT2D eigenvalue weighted by molar-refractivity contribution is 0.0654. The van der Waals surface area contributed by atoms with Crippen LogP contribution < -0.4 is 0 Å². The van der Waals surface area contributed by atoms with Crippen molar-refractivity contribution in [3.05, 3.63) is 65.1 Å². The summed E-state index contributed by atoms with van der Waals surface area (Å²) in [4.78, 5) is 18.8. The van der Waals surface area contributed by atoms with Crippen molar-refractivity contribution in [3.63, 3.8) is 0 Å². The monoisotopic (exact) mass is 374 g/mol. The van der Waals surface area contributed by atoms with E-state index in [2.05, 4.69) is 10.1 Å². The van der Waals surface area contributed by atoms with Gasteiger partial charge in [0, 0.05) is 13.7 Å². The van der Waals surface area contributed by atoms with Crippen LogP contribution in [0.2, 0.25) is 5.02 Å². The first-order valence-electron chi connectivity index (χ1n) is 8.09. The van der Waals surface area contributed by atoms with Crippen LogP contribution in [0, 0.1) is 6.92 Å². The fourth-order valence-electron chi connectivity index (χ4n) is 2.52. The van der Waals surface area contributed by atoms with Crippen molar-refractivity contribution in [2.24, 2.45) is 0 Å². The van der Waals surface area contributed by atoms with E-state index in [0.717, 1.165) is 0 Å². The summed E-state index contributed by atoms with van der Waals surface area (Å²) >= 11 is 6.23. The molecule has 136 valence electrons. The van der Waals surface area contributed by atoms with Gasteiger partial charge in [0.1, 0.15) is 11.6 Å². The Morgan fingerprint density at radius 1 is 1.31 bits per heavy atom. The Balaban J connectivity index is 1.87. The molecular formula is C18H19ClN4O3. The second kappa shape index (κ2) is 8.16. The van der Waals surface area contributed by atoms with E-state index >= 15 is 0 Å². The zero-order valence-corrected chi connectivity index (χ0v) is 15.3. The molecule has 0 unspecified atom stereocenters. The average Bonchev–Trinajstić information content (AvgIpc) is 3.28. The van der Waals surface area contributed by atoms with E-state index in [0.29, 0.717) is 42.0 Å². The number of rotatable bonds is 7. The highest BCUT2D eigenvalue weighted by Crippen LogP contribution is 2.20. The highest BCUT2D eigenvalue weighted by atomic mass is 35.5. The number of carbonyl (C=O) groups excluding carboxylic acids is 1. The molecule has 7 nitrogen and oxygen atoms in total. The summed E-state index contributed by atoms with van der Waals surface area (Å²) in [5.74, 6) is 1.06. The number of carbonyl (C=O) groups is 1. The van der Waals surface area contributed by atoms with E-state index in [9.17, 15) is 4.79 Å². The van der Waals surface area contributed by atoms with Gasteiger partial charge < -0.3 is 14.1 Å². The third-order valence-corrected chi connectivity index (χ3v) is 4.14. The zero-order chi connectivity index (χ0) is 18.5. The summed E-state index contributed by atoms with van der Waals surface area (Å²) < 4.78 is 12.0. The number of nitrogens with zero attached hydrogens (tertiary/aromatic N) is 4. The topological polar surface area (TPSA) is 73.4 Å². The number of hydrogen-bond donors (Lipinski definition) is 0. The largest absolute Gasteiger partial charge is 0.467 e. The van der Waals surface area contributed by atoms with Gasteiger partial charge in [-0.15, -0.1) is 5.10 Å². The van der Waals surface area contributed by atoms with Crippen LogP contribution in [-0.4, -0.2) is 45.8 Å². The van der Waals surface area contributed by atoms with Crippen molar-refractivity contribution in [2.45, 2.75) is 13.5 Å². The lowest BCUT2D eigenvalue weighted by Crippen LogP contribution is -2.34. The Bertz CT molecular complexity index is 876. The Morgan fingerprint density at radius 2 is 2.12 bits per heavy atom. The maximum atomic E-state index is 12.9. The smallest absolute Gasteiger partial charge is 0.294 e. The van der Waals surface area contributed by atoms with Gasteiger partial charge in [0.05, 0.1) is 30.1 Å². The van der Waals surface area contributed by atoms with E-state index in [-0.39, 0.29) is 11.7 Å². The number of aromatic nitrogens is 3. The minimum Gasteiger partial charge on any atom is -0.467 e. The van der Waals surface area contributed by atoms with Gasteiger partial charge in [-0.1, -0.05) is 23.7 Å². The van der Waals surface area contributed by atoms with Gasteiger partial charge >= 0.3 is 0 Å². The Kier molecular flexibility index (Phi) is 5.70. The molecule has 0 saturated heterocycles. The number of methoxy groups -OCH3 is 1. The molecule has 0 saturated carbocycles. The SMILES string of the molecule is COCCN(Cc1ccco1)C(=O)c1nc(C)n(-c2ccccc2Cl)n1. The first-order valence-corrected chi connectivity index (χ1v) is 8.47. The molecule has 0 atom stereocenters. The Morgan fingerprint density at radius 3 is 2.81 bits per heavy atom. The number of halogens is 1. The number of furan rings is 1. The molecule has 2 aromatic heterocycles. The molecule has 0 aliphatic heterocycles. The lowest BCUT2D eigenvalue weighted by Gasteiger charge is -2.19. The quantitative estimate of drug-likeness (QED) is 0.635. The highest BCUT2D eigenvalue weighted by Gasteiger charge is 2.23. The molecular weight excluding hydrogens is 356 g/mol. The van der Waals surface area contributed by atoms with Crippen LogP contribution in [0.15, 0.2) is 47.1 Å². The summed E-state index contributed by atoms with van der Waals surface area (Å²) in [7, 11) is 1.59. The predicted molar refractivity (Wildman–Crippen MR) is 96.4 cm³/mol. The number of para-hydroxylation sites is 1. The van der Waals surface area contributed by atoms with Gasteiger partial charge in [-0.05, 0) is 31.2 Å². The van der Waals surface area contributed by atoms with Crippen LogP contribution in [0.25, 0.3) is 5.69 Å². The molecule has 1 aromatic carbocycles. The van der Waals surface area contributed by atoms with Gasteiger partial charge in [-0.3, -0.25) is 4.79 Å². The fraction of sp³-hybridized carbons (Fsp3) is 0.278.